The van der Waals surface area contributed by atoms with Crippen molar-refractivity contribution in [3.63, 3.8) is 0 Å². The maximum atomic E-state index is 12.2. The number of aromatic carboxylic acids is 1. The normalized spacial score (nSPS) is 13.0. The molecule has 21 heavy (non-hydrogen) atoms. The molecule has 1 aliphatic heterocycles. The number of thiazole rings is 1. The Balaban J connectivity index is 1.75. The molecular weight excluding hydrogens is 290 g/mol. The Labute approximate surface area is 125 Å². The number of amides is 2. The molecule has 2 heterocycles. The minimum absolute atomic E-state index is 0.188. The first-order chi connectivity index (χ1) is 10.1. The van der Waals surface area contributed by atoms with Gasteiger partial charge in [-0.25, -0.2) is 14.6 Å². The monoisotopic (exact) mass is 303 g/mol. The van der Waals surface area contributed by atoms with Crippen LogP contribution in [0.25, 0.3) is 0 Å². The van der Waals surface area contributed by atoms with Crippen LogP contribution in [0.5, 0.6) is 0 Å². The molecule has 2 aromatic rings. The average molecular weight is 303 g/mol. The molecule has 0 saturated heterocycles. The summed E-state index contributed by atoms with van der Waals surface area (Å²) in [6.45, 7) is 0.934. The average Bonchev–Trinajstić information content (AvgIpc) is 3.13. The summed E-state index contributed by atoms with van der Waals surface area (Å²) in [6.07, 6.45) is 2.43. The van der Waals surface area contributed by atoms with E-state index in [9.17, 15) is 9.59 Å². The van der Waals surface area contributed by atoms with Gasteiger partial charge in [0.05, 0.1) is 12.1 Å². The number of benzene rings is 1. The van der Waals surface area contributed by atoms with Crippen molar-refractivity contribution in [2.75, 3.05) is 11.4 Å². The third kappa shape index (κ3) is 2.73. The highest BCUT2D eigenvalue weighted by molar-refractivity contribution is 7.09. The summed E-state index contributed by atoms with van der Waals surface area (Å²) >= 11 is 1.48. The summed E-state index contributed by atoms with van der Waals surface area (Å²) in [6, 6.07) is 4.66. The Morgan fingerprint density at radius 1 is 1.43 bits per heavy atom. The van der Waals surface area contributed by atoms with Crippen molar-refractivity contribution >= 4 is 29.0 Å². The molecular formula is C14H13N3O3S. The largest absolute Gasteiger partial charge is 0.478 e. The summed E-state index contributed by atoms with van der Waals surface area (Å²) < 4.78 is 0. The number of hydrogen-bond acceptors (Lipinski definition) is 4. The SMILES string of the molecule is O=C(O)c1ccc2c(c1)N(C(=O)NCc1nccs1)CC2. The van der Waals surface area contributed by atoms with E-state index in [1.165, 1.54) is 11.3 Å². The summed E-state index contributed by atoms with van der Waals surface area (Å²) in [7, 11) is 0. The number of rotatable bonds is 3. The van der Waals surface area contributed by atoms with Crippen LogP contribution in [0.1, 0.15) is 20.9 Å². The maximum Gasteiger partial charge on any atom is 0.335 e. The second-order valence-corrected chi connectivity index (χ2v) is 5.61. The molecule has 1 aromatic carbocycles. The van der Waals surface area contributed by atoms with E-state index < -0.39 is 5.97 Å². The molecule has 2 amide bonds. The molecule has 1 aromatic heterocycles. The van der Waals surface area contributed by atoms with Gasteiger partial charge in [0.15, 0.2) is 0 Å². The van der Waals surface area contributed by atoms with E-state index in [0.717, 1.165) is 17.0 Å². The van der Waals surface area contributed by atoms with Gasteiger partial charge in [-0.3, -0.25) is 4.90 Å². The van der Waals surface area contributed by atoms with Crippen LogP contribution >= 0.6 is 11.3 Å². The van der Waals surface area contributed by atoms with E-state index in [1.54, 1.807) is 29.3 Å². The Hall–Kier alpha value is -2.41. The molecule has 3 rings (SSSR count). The molecule has 0 radical (unpaired) electrons. The Bertz CT molecular complexity index is 685. The summed E-state index contributed by atoms with van der Waals surface area (Å²) in [5, 5.41) is 14.5. The lowest BCUT2D eigenvalue weighted by Gasteiger charge is -2.18. The molecule has 0 atom stereocenters. The molecule has 0 unspecified atom stereocenters. The van der Waals surface area contributed by atoms with Gasteiger partial charge in [0.1, 0.15) is 5.01 Å². The molecule has 0 bridgehead atoms. The zero-order valence-corrected chi connectivity index (χ0v) is 11.9. The van der Waals surface area contributed by atoms with Gasteiger partial charge < -0.3 is 10.4 Å². The zero-order valence-electron chi connectivity index (χ0n) is 11.1. The molecule has 6 nitrogen and oxygen atoms in total. The third-order valence-corrected chi connectivity index (χ3v) is 4.13. The van der Waals surface area contributed by atoms with Gasteiger partial charge in [-0.15, -0.1) is 11.3 Å². The van der Waals surface area contributed by atoms with Crippen molar-refractivity contribution in [3.05, 3.63) is 45.9 Å². The molecule has 2 N–H and O–H groups in total. The second kappa shape index (κ2) is 5.53. The smallest absolute Gasteiger partial charge is 0.335 e. The van der Waals surface area contributed by atoms with Crippen LogP contribution in [0.2, 0.25) is 0 Å². The minimum atomic E-state index is -0.993. The fourth-order valence-electron chi connectivity index (χ4n) is 2.31. The van der Waals surface area contributed by atoms with E-state index in [-0.39, 0.29) is 11.6 Å². The third-order valence-electron chi connectivity index (χ3n) is 3.35. The Morgan fingerprint density at radius 2 is 2.29 bits per heavy atom. The van der Waals surface area contributed by atoms with Crippen LogP contribution in [0, 0.1) is 0 Å². The summed E-state index contributed by atoms with van der Waals surface area (Å²) in [5.41, 5.74) is 1.85. The van der Waals surface area contributed by atoms with E-state index >= 15 is 0 Å². The second-order valence-electron chi connectivity index (χ2n) is 4.63. The van der Waals surface area contributed by atoms with Crippen LogP contribution in [-0.4, -0.2) is 28.6 Å². The molecule has 7 heteroatoms. The molecule has 0 saturated carbocycles. The van der Waals surface area contributed by atoms with Crippen molar-refractivity contribution < 1.29 is 14.7 Å². The maximum absolute atomic E-state index is 12.2. The van der Waals surface area contributed by atoms with Crippen LogP contribution in [-0.2, 0) is 13.0 Å². The van der Waals surface area contributed by atoms with Gasteiger partial charge in [-0.05, 0) is 24.1 Å². The van der Waals surface area contributed by atoms with Crippen molar-refractivity contribution in [1.82, 2.24) is 10.3 Å². The van der Waals surface area contributed by atoms with Gasteiger partial charge in [0.2, 0.25) is 0 Å². The van der Waals surface area contributed by atoms with Crippen LogP contribution in [0.3, 0.4) is 0 Å². The lowest BCUT2D eigenvalue weighted by molar-refractivity contribution is 0.0697. The number of urea groups is 1. The lowest BCUT2D eigenvalue weighted by Crippen LogP contribution is -2.38. The number of fused-ring (bicyclic) bond motifs is 1. The number of anilines is 1. The Kier molecular flexibility index (Phi) is 3.57. The molecule has 0 fully saturated rings. The van der Waals surface area contributed by atoms with Crippen molar-refractivity contribution in [2.45, 2.75) is 13.0 Å². The molecule has 0 aliphatic carbocycles. The first-order valence-corrected chi connectivity index (χ1v) is 7.33. The summed E-state index contributed by atoms with van der Waals surface area (Å²) in [5.74, 6) is -0.993. The van der Waals surface area contributed by atoms with Crippen LogP contribution < -0.4 is 10.2 Å². The predicted octanol–water partition coefficient (Wildman–Crippen LogP) is 2.11. The zero-order chi connectivity index (χ0) is 14.8. The molecule has 0 spiro atoms. The lowest BCUT2D eigenvalue weighted by atomic mass is 10.1. The predicted molar refractivity (Wildman–Crippen MR) is 78.8 cm³/mol. The van der Waals surface area contributed by atoms with Crippen molar-refractivity contribution in [2.24, 2.45) is 0 Å². The standard InChI is InChI=1S/C14H13N3O3S/c18-13(19)10-2-1-9-3-5-17(11(9)7-10)14(20)16-8-12-15-4-6-21-12/h1-2,4,6-7H,3,5,8H2,(H,16,20)(H,18,19). The van der Waals surface area contributed by atoms with Crippen LogP contribution in [0.15, 0.2) is 29.8 Å². The quantitative estimate of drug-likeness (QED) is 0.910. The highest BCUT2D eigenvalue weighted by Gasteiger charge is 2.25. The van der Waals surface area contributed by atoms with E-state index in [2.05, 4.69) is 10.3 Å². The number of carboxylic acids is 1. The topological polar surface area (TPSA) is 82.5 Å². The van der Waals surface area contributed by atoms with Gasteiger partial charge >= 0.3 is 12.0 Å². The van der Waals surface area contributed by atoms with Gasteiger partial charge in [-0.1, -0.05) is 6.07 Å². The number of carbonyl (C=O) groups excluding carboxylic acids is 1. The fourth-order valence-corrected chi connectivity index (χ4v) is 2.87. The number of hydrogen-bond donors (Lipinski definition) is 2. The summed E-state index contributed by atoms with van der Waals surface area (Å²) in [4.78, 5) is 28.9. The number of carbonyl (C=O) groups is 2. The fraction of sp³-hybridized carbons (Fsp3) is 0.214. The number of nitrogens with zero attached hydrogens (tertiary/aromatic N) is 2. The Morgan fingerprint density at radius 3 is 3.00 bits per heavy atom. The minimum Gasteiger partial charge on any atom is -0.478 e. The van der Waals surface area contributed by atoms with Crippen molar-refractivity contribution in [3.8, 4) is 0 Å². The van der Waals surface area contributed by atoms with Crippen LogP contribution in [0.4, 0.5) is 10.5 Å². The van der Waals surface area contributed by atoms with Crippen molar-refractivity contribution in [1.29, 1.82) is 0 Å². The molecule has 108 valence electrons. The number of nitrogens with one attached hydrogen (secondary N) is 1. The first-order valence-electron chi connectivity index (χ1n) is 6.45. The number of aromatic nitrogens is 1. The van der Waals surface area contributed by atoms with Gasteiger partial charge in [-0.2, -0.15) is 0 Å². The highest BCUT2D eigenvalue weighted by Crippen LogP contribution is 2.29. The number of carboxylic acid groups (broad SMARTS) is 1. The molecule has 1 aliphatic rings. The first kappa shape index (κ1) is 13.6. The van der Waals surface area contributed by atoms with Gasteiger partial charge in [0, 0.05) is 23.8 Å². The van der Waals surface area contributed by atoms with E-state index in [1.807, 2.05) is 5.38 Å². The van der Waals surface area contributed by atoms with E-state index in [4.69, 9.17) is 5.11 Å². The van der Waals surface area contributed by atoms with Gasteiger partial charge in [0.25, 0.3) is 0 Å². The highest BCUT2D eigenvalue weighted by atomic mass is 32.1. The van der Waals surface area contributed by atoms with E-state index in [0.29, 0.717) is 18.8 Å².